The van der Waals surface area contributed by atoms with Crippen molar-refractivity contribution >= 4 is 11.6 Å². The second-order valence-electron chi connectivity index (χ2n) is 3.65. The van der Waals surface area contributed by atoms with Gasteiger partial charge in [0, 0.05) is 5.69 Å². The van der Waals surface area contributed by atoms with Crippen LogP contribution in [0.3, 0.4) is 0 Å². The minimum absolute atomic E-state index is 0.138. The lowest BCUT2D eigenvalue weighted by Crippen LogP contribution is -2.11. The molecular formula is C17H25NO2. The zero-order valence-corrected chi connectivity index (χ0v) is 13.3. The maximum Gasteiger partial charge on any atom is 0.259 e. The molecular weight excluding hydrogens is 250 g/mol. The highest BCUT2D eigenvalue weighted by atomic mass is 16.3. The third-order valence-corrected chi connectivity index (χ3v) is 2.32. The van der Waals surface area contributed by atoms with E-state index in [2.05, 4.69) is 5.32 Å². The molecule has 0 bridgehead atoms. The van der Waals surface area contributed by atoms with E-state index in [9.17, 15) is 4.79 Å². The van der Waals surface area contributed by atoms with Gasteiger partial charge >= 0.3 is 0 Å². The van der Waals surface area contributed by atoms with Gasteiger partial charge in [-0.1, -0.05) is 45.9 Å². The van der Waals surface area contributed by atoms with Crippen LogP contribution in [0.25, 0.3) is 0 Å². The number of carbonyl (C=O) groups is 1. The van der Waals surface area contributed by atoms with Crippen LogP contribution in [-0.4, -0.2) is 5.91 Å². The molecule has 110 valence electrons. The van der Waals surface area contributed by atoms with Crippen LogP contribution in [-0.2, 0) is 0 Å². The molecule has 0 saturated heterocycles. The molecule has 1 amide bonds. The van der Waals surface area contributed by atoms with Crippen LogP contribution in [0, 0.1) is 13.8 Å². The van der Waals surface area contributed by atoms with Gasteiger partial charge in [-0.2, -0.15) is 0 Å². The smallest absolute Gasteiger partial charge is 0.259 e. The molecule has 1 aromatic carbocycles. The van der Waals surface area contributed by atoms with E-state index in [-0.39, 0.29) is 5.91 Å². The number of hydrogen-bond acceptors (Lipinski definition) is 2. The van der Waals surface area contributed by atoms with Crippen LogP contribution in [0.5, 0.6) is 0 Å². The summed E-state index contributed by atoms with van der Waals surface area (Å²) in [6.07, 6.45) is 0. The van der Waals surface area contributed by atoms with Crippen LogP contribution in [0.4, 0.5) is 5.69 Å². The lowest BCUT2D eigenvalue weighted by Gasteiger charge is -2.03. The summed E-state index contributed by atoms with van der Waals surface area (Å²) in [6, 6.07) is 11.1. The molecule has 1 N–H and O–H groups in total. The lowest BCUT2D eigenvalue weighted by molar-refractivity contribution is 0.102. The van der Waals surface area contributed by atoms with Crippen LogP contribution < -0.4 is 5.32 Å². The molecule has 1 heterocycles. The number of aryl methyl sites for hydroxylation is 2. The Hall–Kier alpha value is -2.03. The average Bonchev–Trinajstić information content (AvgIpc) is 2.83. The fraction of sp³-hybridized carbons (Fsp3) is 0.353. The summed E-state index contributed by atoms with van der Waals surface area (Å²) in [7, 11) is 0. The molecule has 0 fully saturated rings. The quantitative estimate of drug-likeness (QED) is 0.818. The van der Waals surface area contributed by atoms with E-state index in [0.29, 0.717) is 11.3 Å². The summed E-state index contributed by atoms with van der Waals surface area (Å²) >= 11 is 0. The Morgan fingerprint density at radius 2 is 1.55 bits per heavy atom. The molecule has 20 heavy (non-hydrogen) atoms. The first-order valence-corrected chi connectivity index (χ1v) is 7.10. The second-order valence-corrected chi connectivity index (χ2v) is 3.65. The summed E-state index contributed by atoms with van der Waals surface area (Å²) in [5.41, 5.74) is 1.37. The number of furan rings is 1. The standard InChI is InChI=1S/C13H13NO2.2C2H6/c1-9-8-12(10(2)16-9)13(15)14-11-6-4-3-5-7-11;2*1-2/h3-8H,1-2H3,(H,14,15);2*1-2H3. The van der Waals surface area contributed by atoms with Crippen molar-refractivity contribution in [2.45, 2.75) is 41.5 Å². The Balaban J connectivity index is 0.000000829. The van der Waals surface area contributed by atoms with Crippen LogP contribution >= 0.6 is 0 Å². The van der Waals surface area contributed by atoms with Crippen molar-refractivity contribution in [2.24, 2.45) is 0 Å². The summed E-state index contributed by atoms with van der Waals surface area (Å²) < 4.78 is 5.31. The number of carbonyl (C=O) groups excluding carboxylic acids is 1. The zero-order valence-electron chi connectivity index (χ0n) is 13.3. The third-order valence-electron chi connectivity index (χ3n) is 2.32. The van der Waals surface area contributed by atoms with Crippen molar-refractivity contribution in [3.8, 4) is 0 Å². The normalized spacial score (nSPS) is 8.70. The van der Waals surface area contributed by atoms with Gasteiger partial charge in [0.2, 0.25) is 0 Å². The number of rotatable bonds is 2. The van der Waals surface area contributed by atoms with E-state index in [0.717, 1.165) is 11.4 Å². The van der Waals surface area contributed by atoms with Gasteiger partial charge in [0.1, 0.15) is 11.5 Å². The van der Waals surface area contributed by atoms with E-state index >= 15 is 0 Å². The molecule has 0 unspecified atom stereocenters. The van der Waals surface area contributed by atoms with Crippen molar-refractivity contribution in [1.29, 1.82) is 0 Å². The largest absolute Gasteiger partial charge is 0.466 e. The highest BCUT2D eigenvalue weighted by Gasteiger charge is 2.13. The topological polar surface area (TPSA) is 42.2 Å². The summed E-state index contributed by atoms with van der Waals surface area (Å²) in [5.74, 6) is 1.25. The van der Waals surface area contributed by atoms with Crippen LogP contribution in [0.1, 0.15) is 49.6 Å². The first-order chi connectivity index (χ1) is 9.66. The molecule has 0 aliphatic carbocycles. The van der Waals surface area contributed by atoms with Gasteiger partial charge < -0.3 is 9.73 Å². The minimum atomic E-state index is -0.138. The van der Waals surface area contributed by atoms with Gasteiger partial charge in [-0.15, -0.1) is 0 Å². The minimum Gasteiger partial charge on any atom is -0.466 e. The number of para-hydroxylation sites is 1. The summed E-state index contributed by atoms with van der Waals surface area (Å²) in [4.78, 5) is 11.9. The van der Waals surface area contributed by atoms with Crippen molar-refractivity contribution in [3.63, 3.8) is 0 Å². The Morgan fingerprint density at radius 3 is 2.00 bits per heavy atom. The predicted molar refractivity (Wildman–Crippen MR) is 85.3 cm³/mol. The second kappa shape index (κ2) is 9.84. The summed E-state index contributed by atoms with van der Waals surface area (Å²) in [5, 5.41) is 2.81. The SMILES string of the molecule is CC.CC.Cc1cc(C(=O)Nc2ccccc2)c(C)o1. The van der Waals surface area contributed by atoms with Gasteiger partial charge in [0.05, 0.1) is 5.56 Å². The van der Waals surface area contributed by atoms with Gasteiger partial charge in [-0.3, -0.25) is 4.79 Å². The van der Waals surface area contributed by atoms with Gasteiger partial charge in [0.25, 0.3) is 5.91 Å². The van der Waals surface area contributed by atoms with Crippen molar-refractivity contribution in [3.05, 3.63) is 53.5 Å². The van der Waals surface area contributed by atoms with E-state index in [1.54, 1.807) is 13.0 Å². The number of nitrogens with one attached hydrogen (secondary N) is 1. The predicted octanol–water partition coefficient (Wildman–Crippen LogP) is 5.20. The van der Waals surface area contributed by atoms with E-state index < -0.39 is 0 Å². The lowest BCUT2D eigenvalue weighted by atomic mass is 10.2. The highest BCUT2D eigenvalue weighted by molar-refractivity contribution is 6.05. The molecule has 0 spiro atoms. The average molecular weight is 275 g/mol. The van der Waals surface area contributed by atoms with Gasteiger partial charge in [0.15, 0.2) is 0 Å². The summed E-state index contributed by atoms with van der Waals surface area (Å²) in [6.45, 7) is 11.6. The molecule has 0 aliphatic rings. The maximum absolute atomic E-state index is 11.9. The van der Waals surface area contributed by atoms with Crippen LogP contribution in [0.2, 0.25) is 0 Å². The Bertz CT molecular complexity index is 501. The molecule has 2 rings (SSSR count). The van der Waals surface area contributed by atoms with Gasteiger partial charge in [-0.25, -0.2) is 0 Å². The van der Waals surface area contributed by atoms with Gasteiger partial charge in [-0.05, 0) is 32.0 Å². The molecule has 0 atom stereocenters. The number of amides is 1. The van der Waals surface area contributed by atoms with Crippen molar-refractivity contribution in [1.82, 2.24) is 0 Å². The van der Waals surface area contributed by atoms with Crippen molar-refractivity contribution in [2.75, 3.05) is 5.32 Å². The van der Waals surface area contributed by atoms with E-state index in [1.807, 2.05) is 65.0 Å². The fourth-order valence-electron chi connectivity index (χ4n) is 1.58. The van der Waals surface area contributed by atoms with E-state index in [1.165, 1.54) is 0 Å². The monoisotopic (exact) mass is 275 g/mol. The number of anilines is 1. The Kier molecular flexibility index (Phi) is 8.84. The highest BCUT2D eigenvalue weighted by Crippen LogP contribution is 2.15. The molecule has 3 nitrogen and oxygen atoms in total. The number of benzene rings is 1. The molecule has 1 aromatic heterocycles. The molecule has 0 radical (unpaired) electrons. The Morgan fingerprint density at radius 1 is 1.00 bits per heavy atom. The fourth-order valence-corrected chi connectivity index (χ4v) is 1.58. The number of hydrogen-bond donors (Lipinski definition) is 1. The molecule has 2 aromatic rings. The molecule has 3 heteroatoms. The maximum atomic E-state index is 11.9. The van der Waals surface area contributed by atoms with Crippen LogP contribution in [0.15, 0.2) is 40.8 Å². The zero-order chi connectivity index (χ0) is 15.5. The third kappa shape index (κ3) is 5.31. The molecule has 0 aliphatic heterocycles. The van der Waals surface area contributed by atoms with Crippen molar-refractivity contribution < 1.29 is 9.21 Å². The van der Waals surface area contributed by atoms with E-state index in [4.69, 9.17) is 4.42 Å². The molecule has 0 saturated carbocycles. The first kappa shape index (κ1) is 18.0. The Labute approximate surface area is 122 Å². The first-order valence-electron chi connectivity index (χ1n) is 7.10.